The summed E-state index contributed by atoms with van der Waals surface area (Å²) >= 11 is 18.4. The minimum absolute atomic E-state index is 0.0536. The molecule has 208 valence electrons. The van der Waals surface area contributed by atoms with Gasteiger partial charge in [0.25, 0.3) is 0 Å². The molecule has 2 aromatic rings. The molecule has 1 aliphatic carbocycles. The summed E-state index contributed by atoms with van der Waals surface area (Å²) in [5, 5.41) is 4.49. The van der Waals surface area contributed by atoms with Gasteiger partial charge in [-0.3, -0.25) is 13.9 Å². The maximum Gasteiger partial charge on any atom is 0.243 e. The predicted molar refractivity (Wildman–Crippen MR) is 154 cm³/mol. The third-order valence-electron chi connectivity index (χ3n) is 6.71. The number of benzene rings is 2. The second-order valence-electron chi connectivity index (χ2n) is 9.59. The fraction of sp³-hybridized carbons (Fsp3) is 0.481. The molecule has 1 aliphatic rings. The van der Waals surface area contributed by atoms with Crippen molar-refractivity contribution in [1.29, 1.82) is 0 Å². The zero-order valence-electron chi connectivity index (χ0n) is 21.6. The number of carbonyl (C=O) groups excluding carboxylic acids is 2. The Morgan fingerprint density at radius 2 is 1.66 bits per heavy atom. The van der Waals surface area contributed by atoms with Gasteiger partial charge in [0.05, 0.1) is 11.9 Å². The van der Waals surface area contributed by atoms with E-state index in [1.165, 1.54) is 4.31 Å². The molecular weight excluding hydrogens is 569 g/mol. The van der Waals surface area contributed by atoms with Gasteiger partial charge in [-0.05, 0) is 67.6 Å². The summed E-state index contributed by atoms with van der Waals surface area (Å²) in [4.78, 5) is 28.4. The van der Waals surface area contributed by atoms with Gasteiger partial charge in [0.2, 0.25) is 21.8 Å². The topological polar surface area (TPSA) is 86.8 Å². The van der Waals surface area contributed by atoms with Gasteiger partial charge in [0, 0.05) is 40.6 Å². The predicted octanol–water partition coefficient (Wildman–Crippen LogP) is 6.06. The van der Waals surface area contributed by atoms with Crippen LogP contribution in [0.5, 0.6) is 0 Å². The van der Waals surface area contributed by atoms with Crippen LogP contribution >= 0.6 is 34.8 Å². The Kier molecular flexibility index (Phi) is 11.2. The van der Waals surface area contributed by atoms with Gasteiger partial charge in [-0.15, -0.1) is 0 Å². The van der Waals surface area contributed by atoms with E-state index in [2.05, 4.69) is 5.32 Å². The molecule has 7 nitrogen and oxygen atoms in total. The molecule has 38 heavy (non-hydrogen) atoms. The Morgan fingerprint density at radius 3 is 2.24 bits per heavy atom. The fourth-order valence-corrected chi connectivity index (χ4v) is 6.29. The van der Waals surface area contributed by atoms with Gasteiger partial charge in [-0.2, -0.15) is 0 Å². The largest absolute Gasteiger partial charge is 0.352 e. The number of nitrogens with zero attached hydrogens (tertiary/aromatic N) is 2. The minimum atomic E-state index is -3.58. The first-order chi connectivity index (χ1) is 18.0. The summed E-state index contributed by atoms with van der Waals surface area (Å²) in [5.41, 5.74) is 1.15. The second kappa shape index (κ2) is 13.9. The van der Waals surface area contributed by atoms with E-state index in [0.29, 0.717) is 32.7 Å². The van der Waals surface area contributed by atoms with Crippen LogP contribution in [0.3, 0.4) is 0 Å². The lowest BCUT2D eigenvalue weighted by Gasteiger charge is -2.32. The number of nitrogens with one attached hydrogen (secondary N) is 1. The quantitative estimate of drug-likeness (QED) is 0.320. The normalized spacial score (nSPS) is 14.8. The summed E-state index contributed by atoms with van der Waals surface area (Å²) in [6.45, 7) is 2.11. The van der Waals surface area contributed by atoms with E-state index in [0.717, 1.165) is 31.9 Å². The molecule has 0 heterocycles. The van der Waals surface area contributed by atoms with E-state index in [-0.39, 0.29) is 43.8 Å². The van der Waals surface area contributed by atoms with Gasteiger partial charge in [-0.1, -0.05) is 60.6 Å². The van der Waals surface area contributed by atoms with Crippen LogP contribution in [-0.4, -0.2) is 50.0 Å². The molecule has 0 aromatic heterocycles. The summed E-state index contributed by atoms with van der Waals surface area (Å²) in [6, 6.07) is 11.0. The highest BCUT2D eigenvalue weighted by atomic mass is 35.5. The lowest BCUT2D eigenvalue weighted by atomic mass is 10.1. The maximum atomic E-state index is 13.6. The maximum absolute atomic E-state index is 13.6. The van der Waals surface area contributed by atoms with Crippen LogP contribution in [0.1, 0.15) is 57.4 Å². The van der Waals surface area contributed by atoms with Crippen molar-refractivity contribution in [3.8, 4) is 0 Å². The summed E-state index contributed by atoms with van der Waals surface area (Å²) in [7, 11) is -3.58. The van der Waals surface area contributed by atoms with Crippen LogP contribution in [0.25, 0.3) is 0 Å². The van der Waals surface area contributed by atoms with Crippen LogP contribution in [0.15, 0.2) is 42.5 Å². The molecular formula is C27H34Cl3N3O4S. The van der Waals surface area contributed by atoms with Crippen LogP contribution in [0.2, 0.25) is 15.1 Å². The van der Waals surface area contributed by atoms with Crippen molar-refractivity contribution in [1.82, 2.24) is 10.2 Å². The van der Waals surface area contributed by atoms with Crippen molar-refractivity contribution in [2.24, 2.45) is 0 Å². The number of sulfonamides is 1. The molecule has 0 bridgehead atoms. The average Bonchev–Trinajstić information content (AvgIpc) is 3.36. The van der Waals surface area contributed by atoms with Gasteiger partial charge in [0.1, 0.15) is 6.04 Å². The molecule has 0 radical (unpaired) electrons. The smallest absolute Gasteiger partial charge is 0.243 e. The SMILES string of the molecule is CCC(C(=O)NC1CCCC1)N(Cc1ccc(Cl)cc1Cl)C(=O)CCCN(c1ccc(Cl)cc1)S(C)(=O)=O. The van der Waals surface area contributed by atoms with Crippen LogP contribution in [0.4, 0.5) is 5.69 Å². The van der Waals surface area contributed by atoms with Crippen molar-refractivity contribution >= 4 is 62.3 Å². The monoisotopic (exact) mass is 601 g/mol. The Hall–Kier alpha value is -2.00. The molecule has 0 spiro atoms. The van der Waals surface area contributed by atoms with E-state index in [4.69, 9.17) is 34.8 Å². The summed E-state index contributed by atoms with van der Waals surface area (Å²) in [6.07, 6.45) is 5.90. The van der Waals surface area contributed by atoms with E-state index >= 15 is 0 Å². The molecule has 3 rings (SSSR count). The molecule has 1 fully saturated rings. The third kappa shape index (κ3) is 8.50. The lowest BCUT2D eigenvalue weighted by molar-refractivity contribution is -0.141. The molecule has 2 aromatic carbocycles. The number of carbonyl (C=O) groups is 2. The van der Waals surface area contributed by atoms with Crippen LogP contribution in [0, 0.1) is 0 Å². The van der Waals surface area contributed by atoms with Gasteiger partial charge >= 0.3 is 0 Å². The Bertz CT molecular complexity index is 1220. The Labute approximate surface area is 240 Å². The lowest BCUT2D eigenvalue weighted by Crippen LogP contribution is -2.51. The standard InChI is InChI=1S/C27H34Cl3N3O4S/c1-3-25(27(35)31-22-7-4-5-8-22)32(18-19-10-11-21(29)17-24(19)30)26(34)9-6-16-33(38(2,36)37)23-14-12-20(28)13-15-23/h10-15,17,22,25H,3-9,16,18H2,1-2H3,(H,31,35). The first-order valence-electron chi connectivity index (χ1n) is 12.8. The summed E-state index contributed by atoms with van der Waals surface area (Å²) in [5.74, 6) is -0.439. The number of anilines is 1. The fourth-order valence-electron chi connectivity index (χ4n) is 4.73. The van der Waals surface area contributed by atoms with Crippen molar-refractivity contribution in [2.45, 2.75) is 70.5 Å². The van der Waals surface area contributed by atoms with Crippen molar-refractivity contribution < 1.29 is 18.0 Å². The zero-order valence-corrected chi connectivity index (χ0v) is 24.7. The van der Waals surface area contributed by atoms with Crippen molar-refractivity contribution in [3.05, 3.63) is 63.1 Å². The van der Waals surface area contributed by atoms with E-state index in [1.807, 2.05) is 6.92 Å². The number of halogens is 3. The number of amides is 2. The molecule has 11 heteroatoms. The highest BCUT2D eigenvalue weighted by Gasteiger charge is 2.31. The van der Waals surface area contributed by atoms with Gasteiger partial charge in [0.15, 0.2) is 0 Å². The highest BCUT2D eigenvalue weighted by Crippen LogP contribution is 2.26. The third-order valence-corrected chi connectivity index (χ3v) is 8.74. The Balaban J connectivity index is 1.78. The van der Waals surface area contributed by atoms with Crippen molar-refractivity contribution in [2.75, 3.05) is 17.1 Å². The molecule has 1 N–H and O–H groups in total. The zero-order chi connectivity index (χ0) is 27.9. The highest BCUT2D eigenvalue weighted by molar-refractivity contribution is 7.92. The number of hydrogen-bond donors (Lipinski definition) is 1. The van der Waals surface area contributed by atoms with E-state index < -0.39 is 16.1 Å². The summed E-state index contributed by atoms with van der Waals surface area (Å²) < 4.78 is 26.2. The van der Waals surface area contributed by atoms with Gasteiger partial charge < -0.3 is 10.2 Å². The van der Waals surface area contributed by atoms with E-state index in [1.54, 1.807) is 47.4 Å². The first kappa shape index (κ1) is 30.5. The first-order valence-corrected chi connectivity index (χ1v) is 15.7. The molecule has 1 unspecified atom stereocenters. The van der Waals surface area contributed by atoms with Gasteiger partial charge in [-0.25, -0.2) is 8.42 Å². The molecule has 0 saturated heterocycles. The number of rotatable bonds is 12. The molecule has 0 aliphatic heterocycles. The molecule has 1 saturated carbocycles. The van der Waals surface area contributed by atoms with Crippen LogP contribution < -0.4 is 9.62 Å². The number of hydrogen-bond acceptors (Lipinski definition) is 4. The Morgan fingerprint density at radius 1 is 1.03 bits per heavy atom. The van der Waals surface area contributed by atoms with Crippen molar-refractivity contribution in [3.63, 3.8) is 0 Å². The average molecular weight is 603 g/mol. The molecule has 2 amide bonds. The molecule has 1 atom stereocenters. The van der Waals surface area contributed by atoms with Crippen LogP contribution in [-0.2, 0) is 26.2 Å². The second-order valence-corrected chi connectivity index (χ2v) is 12.8. The minimum Gasteiger partial charge on any atom is -0.352 e. The van der Waals surface area contributed by atoms with E-state index in [9.17, 15) is 18.0 Å².